The number of carbonyl (C=O) groups is 2. The van der Waals surface area contributed by atoms with Gasteiger partial charge in [0.25, 0.3) is 5.91 Å². The highest BCUT2D eigenvalue weighted by atomic mass is 32.2. The highest BCUT2D eigenvalue weighted by molar-refractivity contribution is 7.92. The molecule has 2 amide bonds. The second-order valence-electron chi connectivity index (χ2n) is 6.59. The summed E-state index contributed by atoms with van der Waals surface area (Å²) in [5.41, 5.74) is 2.62. The lowest BCUT2D eigenvalue weighted by molar-refractivity contribution is -0.132. The number of aliphatic hydroxyl groups is 1. The van der Waals surface area contributed by atoms with E-state index in [1.165, 1.54) is 17.3 Å². The van der Waals surface area contributed by atoms with Crippen molar-refractivity contribution in [2.75, 3.05) is 24.3 Å². The molecule has 0 saturated carbocycles. The SMILES string of the molecule is CC(CC1CN(c2ccc(C#CCCO)cc2)C(=O)O1)(C(=O)NO)S(C)(=O)=O. The van der Waals surface area contributed by atoms with Crippen LogP contribution in [0, 0.1) is 11.8 Å². The molecule has 0 radical (unpaired) electrons. The zero-order valence-electron chi connectivity index (χ0n) is 15.5. The number of benzene rings is 1. The smallest absolute Gasteiger partial charge is 0.414 e. The van der Waals surface area contributed by atoms with Crippen LogP contribution in [0.4, 0.5) is 10.5 Å². The predicted octanol–water partition coefficient (Wildman–Crippen LogP) is 0.445. The van der Waals surface area contributed by atoms with Crippen LogP contribution in [0.5, 0.6) is 0 Å². The van der Waals surface area contributed by atoms with E-state index in [2.05, 4.69) is 11.8 Å². The molecule has 10 heteroatoms. The summed E-state index contributed by atoms with van der Waals surface area (Å²) in [4.78, 5) is 25.5. The van der Waals surface area contributed by atoms with Crippen molar-refractivity contribution in [1.29, 1.82) is 0 Å². The monoisotopic (exact) mass is 410 g/mol. The lowest BCUT2D eigenvalue weighted by atomic mass is 10.0. The Kier molecular flexibility index (Phi) is 6.66. The predicted molar refractivity (Wildman–Crippen MR) is 100 cm³/mol. The van der Waals surface area contributed by atoms with E-state index < -0.39 is 32.7 Å². The zero-order valence-corrected chi connectivity index (χ0v) is 16.3. The number of sulfone groups is 1. The number of anilines is 1. The fourth-order valence-electron chi connectivity index (χ4n) is 2.75. The maximum atomic E-state index is 12.2. The summed E-state index contributed by atoms with van der Waals surface area (Å²) >= 11 is 0. The van der Waals surface area contributed by atoms with Crippen LogP contribution in [0.15, 0.2) is 24.3 Å². The topological polar surface area (TPSA) is 133 Å². The van der Waals surface area contributed by atoms with E-state index in [-0.39, 0.29) is 19.6 Å². The highest BCUT2D eigenvalue weighted by Gasteiger charge is 2.48. The molecule has 28 heavy (non-hydrogen) atoms. The fraction of sp³-hybridized carbons (Fsp3) is 0.444. The molecular formula is C18H22N2O7S. The molecule has 1 aromatic carbocycles. The number of amides is 2. The van der Waals surface area contributed by atoms with E-state index in [0.29, 0.717) is 17.7 Å². The third-order valence-electron chi connectivity index (χ3n) is 4.54. The Morgan fingerprint density at radius 1 is 1.39 bits per heavy atom. The molecule has 1 aliphatic rings. The van der Waals surface area contributed by atoms with Gasteiger partial charge in [-0.1, -0.05) is 11.8 Å². The number of carbonyl (C=O) groups excluding carboxylic acids is 2. The summed E-state index contributed by atoms with van der Waals surface area (Å²) in [6, 6.07) is 6.76. The van der Waals surface area contributed by atoms with Gasteiger partial charge in [0.15, 0.2) is 14.6 Å². The van der Waals surface area contributed by atoms with Crippen molar-refractivity contribution < 1.29 is 33.1 Å². The van der Waals surface area contributed by atoms with Gasteiger partial charge in [0.05, 0.1) is 13.2 Å². The van der Waals surface area contributed by atoms with Gasteiger partial charge in [0.2, 0.25) is 0 Å². The summed E-state index contributed by atoms with van der Waals surface area (Å²) in [6.07, 6.45) is -0.570. The van der Waals surface area contributed by atoms with E-state index in [1.807, 2.05) is 0 Å². The van der Waals surface area contributed by atoms with Crippen LogP contribution in [0.1, 0.15) is 25.3 Å². The van der Waals surface area contributed by atoms with Crippen LogP contribution < -0.4 is 10.4 Å². The molecule has 1 heterocycles. The van der Waals surface area contributed by atoms with Crippen molar-refractivity contribution in [1.82, 2.24) is 5.48 Å². The quantitative estimate of drug-likeness (QED) is 0.352. The summed E-state index contributed by atoms with van der Waals surface area (Å²) in [5.74, 6) is 4.57. The number of hydrogen-bond donors (Lipinski definition) is 3. The number of rotatable bonds is 6. The first-order valence-electron chi connectivity index (χ1n) is 8.44. The highest BCUT2D eigenvalue weighted by Crippen LogP contribution is 2.30. The van der Waals surface area contributed by atoms with Crippen molar-refractivity contribution in [3.8, 4) is 11.8 Å². The number of cyclic esters (lactones) is 1. The Bertz CT molecular complexity index is 902. The van der Waals surface area contributed by atoms with Gasteiger partial charge >= 0.3 is 6.09 Å². The lowest BCUT2D eigenvalue weighted by Gasteiger charge is -2.26. The maximum absolute atomic E-state index is 12.2. The number of aliphatic hydroxyl groups excluding tert-OH is 1. The van der Waals surface area contributed by atoms with E-state index in [4.69, 9.17) is 15.1 Å². The second-order valence-corrected chi connectivity index (χ2v) is 9.03. The average molecular weight is 410 g/mol. The molecule has 9 nitrogen and oxygen atoms in total. The van der Waals surface area contributed by atoms with Crippen LogP contribution >= 0.6 is 0 Å². The van der Waals surface area contributed by atoms with E-state index in [0.717, 1.165) is 6.26 Å². The van der Waals surface area contributed by atoms with E-state index in [1.54, 1.807) is 24.3 Å². The van der Waals surface area contributed by atoms with Crippen molar-refractivity contribution >= 4 is 27.5 Å². The Hall–Kier alpha value is -2.61. The summed E-state index contributed by atoms with van der Waals surface area (Å²) < 4.78 is 27.4. The molecule has 2 atom stereocenters. The fourth-order valence-corrected chi connectivity index (χ4v) is 3.62. The lowest BCUT2D eigenvalue weighted by Crippen LogP contribution is -2.51. The van der Waals surface area contributed by atoms with Crippen LogP contribution in [-0.4, -0.2) is 61.0 Å². The Morgan fingerprint density at radius 3 is 2.57 bits per heavy atom. The van der Waals surface area contributed by atoms with Gasteiger partial charge in [0, 0.05) is 30.3 Å². The largest absolute Gasteiger partial charge is 0.444 e. The molecule has 0 spiro atoms. The van der Waals surface area contributed by atoms with Crippen LogP contribution in [0.25, 0.3) is 0 Å². The second kappa shape index (κ2) is 8.60. The molecule has 1 aromatic rings. The Morgan fingerprint density at radius 2 is 2.04 bits per heavy atom. The third kappa shape index (κ3) is 4.62. The van der Waals surface area contributed by atoms with Crippen LogP contribution in [-0.2, 0) is 19.4 Å². The van der Waals surface area contributed by atoms with E-state index >= 15 is 0 Å². The standard InChI is InChI=1S/C18H22N2O7S/c1-18(16(22)19-24,28(2,25)26)11-15-12-20(17(23)27-15)14-8-6-13(7-9-14)5-3-4-10-21/h6-9,15,21,24H,4,10-12H2,1-2H3,(H,19,22). The number of ether oxygens (including phenoxy) is 1. The first-order chi connectivity index (χ1) is 13.1. The summed E-state index contributed by atoms with van der Waals surface area (Å²) in [5, 5.41) is 17.6. The van der Waals surface area contributed by atoms with Crippen molar-refractivity contribution in [2.45, 2.75) is 30.6 Å². The van der Waals surface area contributed by atoms with Crippen LogP contribution in [0.2, 0.25) is 0 Å². The van der Waals surface area contributed by atoms with Gasteiger partial charge in [-0.3, -0.25) is 14.9 Å². The first-order valence-corrected chi connectivity index (χ1v) is 10.3. The molecule has 152 valence electrons. The minimum absolute atomic E-state index is 0.0210. The molecule has 1 aliphatic heterocycles. The Labute approximate surface area is 163 Å². The number of hydrogen-bond acceptors (Lipinski definition) is 7. The molecule has 0 bridgehead atoms. The first kappa shape index (κ1) is 21.7. The number of hydroxylamine groups is 1. The van der Waals surface area contributed by atoms with Gasteiger partial charge in [0.1, 0.15) is 6.10 Å². The molecule has 3 N–H and O–H groups in total. The van der Waals surface area contributed by atoms with Crippen molar-refractivity contribution in [2.24, 2.45) is 0 Å². The minimum Gasteiger partial charge on any atom is -0.444 e. The van der Waals surface area contributed by atoms with E-state index in [9.17, 15) is 18.0 Å². The Balaban J connectivity index is 2.15. The number of nitrogens with zero attached hydrogens (tertiary/aromatic N) is 1. The van der Waals surface area contributed by atoms with Crippen molar-refractivity contribution in [3.63, 3.8) is 0 Å². The minimum atomic E-state index is -3.89. The molecule has 2 rings (SSSR count). The third-order valence-corrected chi connectivity index (χ3v) is 6.53. The molecule has 2 unspecified atom stereocenters. The number of nitrogens with one attached hydrogen (secondary N) is 1. The van der Waals surface area contributed by atoms with Gasteiger partial charge in [-0.15, -0.1) is 0 Å². The van der Waals surface area contributed by atoms with Gasteiger partial charge in [-0.2, -0.15) is 0 Å². The average Bonchev–Trinajstić information content (AvgIpc) is 3.00. The normalized spacial score (nSPS) is 18.6. The van der Waals surface area contributed by atoms with Gasteiger partial charge in [-0.05, 0) is 31.2 Å². The summed E-state index contributed by atoms with van der Waals surface area (Å²) in [7, 11) is -3.89. The molecule has 0 aliphatic carbocycles. The maximum Gasteiger partial charge on any atom is 0.414 e. The van der Waals surface area contributed by atoms with Gasteiger partial charge in [-0.25, -0.2) is 18.7 Å². The molecule has 1 saturated heterocycles. The zero-order chi connectivity index (χ0) is 20.9. The molecular weight excluding hydrogens is 388 g/mol. The van der Waals surface area contributed by atoms with Crippen LogP contribution in [0.3, 0.4) is 0 Å². The molecule has 1 fully saturated rings. The van der Waals surface area contributed by atoms with Gasteiger partial charge < -0.3 is 9.84 Å². The molecule has 0 aromatic heterocycles. The van der Waals surface area contributed by atoms with Crippen molar-refractivity contribution in [3.05, 3.63) is 29.8 Å². The summed E-state index contributed by atoms with van der Waals surface area (Å²) in [6.45, 7) is 1.20.